The fraction of sp³-hybridized carbons (Fsp3) is 0.150. The molecule has 0 unspecified atom stereocenters. The van der Waals surface area contributed by atoms with Gasteiger partial charge in [0.2, 0.25) is 5.95 Å². The second kappa shape index (κ2) is 8.84. The number of nitrogens with zero attached hydrogens (tertiary/aromatic N) is 2. The second-order valence-corrected chi connectivity index (χ2v) is 5.91. The van der Waals surface area contributed by atoms with Gasteiger partial charge >= 0.3 is 0 Å². The van der Waals surface area contributed by atoms with E-state index in [4.69, 9.17) is 0 Å². The Bertz CT molecular complexity index is 881. The Hall–Kier alpha value is -3.35. The zero-order valence-electron chi connectivity index (χ0n) is 14.5. The first-order valence-corrected chi connectivity index (χ1v) is 8.43. The maximum absolute atomic E-state index is 12.9. The van der Waals surface area contributed by atoms with E-state index in [1.54, 1.807) is 24.3 Å². The Labute approximate surface area is 155 Å². The highest BCUT2D eigenvalue weighted by molar-refractivity contribution is 5.93. The summed E-state index contributed by atoms with van der Waals surface area (Å²) in [5.74, 6) is -0.470. The molecule has 5 nitrogen and oxygen atoms in total. The smallest absolute Gasteiger partial charge is 0.254 e. The summed E-state index contributed by atoms with van der Waals surface area (Å²) in [5, 5.41) is 5.78. The van der Waals surface area contributed by atoms with Crippen LogP contribution < -0.4 is 10.6 Å². The monoisotopic (exact) mass is 368 g/mol. The average Bonchev–Trinajstić information content (AvgIpc) is 2.69. The molecular formula is C20H18F2N4O. The van der Waals surface area contributed by atoms with E-state index in [1.807, 2.05) is 0 Å². The van der Waals surface area contributed by atoms with Crippen LogP contribution in [0.3, 0.4) is 0 Å². The van der Waals surface area contributed by atoms with E-state index in [0.29, 0.717) is 31.0 Å². The SMILES string of the molecule is O=C(NCCc1ccc(F)cc1)c1cnc(NCc2ccc(F)cc2)nc1. The van der Waals surface area contributed by atoms with Crippen molar-refractivity contribution >= 4 is 11.9 Å². The van der Waals surface area contributed by atoms with Gasteiger partial charge in [0.25, 0.3) is 5.91 Å². The average molecular weight is 368 g/mol. The van der Waals surface area contributed by atoms with Crippen molar-refractivity contribution < 1.29 is 13.6 Å². The molecule has 1 amide bonds. The zero-order chi connectivity index (χ0) is 19.1. The summed E-state index contributed by atoms with van der Waals surface area (Å²) in [6.07, 6.45) is 3.48. The van der Waals surface area contributed by atoms with Crippen molar-refractivity contribution in [3.05, 3.63) is 89.2 Å². The van der Waals surface area contributed by atoms with Crippen molar-refractivity contribution in [1.29, 1.82) is 0 Å². The quantitative estimate of drug-likeness (QED) is 0.671. The molecule has 0 bridgehead atoms. The van der Waals surface area contributed by atoms with Crippen LogP contribution in [0, 0.1) is 11.6 Å². The molecule has 2 N–H and O–H groups in total. The molecule has 3 aromatic rings. The van der Waals surface area contributed by atoms with Gasteiger partial charge in [-0.15, -0.1) is 0 Å². The van der Waals surface area contributed by atoms with Crippen molar-refractivity contribution in [1.82, 2.24) is 15.3 Å². The minimum absolute atomic E-state index is 0.276. The summed E-state index contributed by atoms with van der Waals surface area (Å²) in [4.78, 5) is 20.3. The van der Waals surface area contributed by atoms with Crippen molar-refractivity contribution in [2.75, 3.05) is 11.9 Å². The van der Waals surface area contributed by atoms with Gasteiger partial charge in [0, 0.05) is 25.5 Å². The lowest BCUT2D eigenvalue weighted by atomic mass is 10.1. The first-order chi connectivity index (χ1) is 13.1. The molecule has 0 saturated heterocycles. The number of anilines is 1. The summed E-state index contributed by atoms with van der Waals surface area (Å²) in [6.45, 7) is 0.874. The summed E-state index contributed by atoms with van der Waals surface area (Å²) in [5.41, 5.74) is 2.18. The van der Waals surface area contributed by atoms with Crippen LogP contribution in [0.15, 0.2) is 60.9 Å². The summed E-state index contributed by atoms with van der Waals surface area (Å²) in [7, 11) is 0. The molecule has 0 aliphatic rings. The number of aromatic nitrogens is 2. The molecule has 0 atom stereocenters. The number of amides is 1. The number of carbonyl (C=O) groups is 1. The van der Waals surface area contributed by atoms with Crippen LogP contribution >= 0.6 is 0 Å². The van der Waals surface area contributed by atoms with Gasteiger partial charge < -0.3 is 10.6 Å². The molecule has 0 aliphatic heterocycles. The Balaban J connectivity index is 1.46. The number of hydrogen-bond acceptors (Lipinski definition) is 4. The molecule has 1 aromatic heterocycles. The molecule has 0 spiro atoms. The highest BCUT2D eigenvalue weighted by atomic mass is 19.1. The molecule has 0 radical (unpaired) electrons. The number of benzene rings is 2. The Morgan fingerprint density at radius 3 is 2.00 bits per heavy atom. The van der Waals surface area contributed by atoms with Crippen LogP contribution in [0.5, 0.6) is 0 Å². The molecule has 0 aliphatic carbocycles. The Kier molecular flexibility index (Phi) is 6.04. The van der Waals surface area contributed by atoms with Crippen molar-refractivity contribution in [2.24, 2.45) is 0 Å². The molecule has 0 fully saturated rings. The second-order valence-electron chi connectivity index (χ2n) is 5.91. The summed E-state index contributed by atoms with van der Waals surface area (Å²) in [6, 6.07) is 12.3. The third-order valence-electron chi connectivity index (χ3n) is 3.89. The zero-order valence-corrected chi connectivity index (χ0v) is 14.5. The lowest BCUT2D eigenvalue weighted by Gasteiger charge is -2.07. The van der Waals surface area contributed by atoms with Crippen LogP contribution in [0.1, 0.15) is 21.5 Å². The van der Waals surface area contributed by atoms with E-state index in [-0.39, 0.29) is 17.5 Å². The number of rotatable bonds is 7. The van der Waals surface area contributed by atoms with Gasteiger partial charge in [-0.1, -0.05) is 24.3 Å². The van der Waals surface area contributed by atoms with Crippen LogP contribution in [0.2, 0.25) is 0 Å². The summed E-state index contributed by atoms with van der Waals surface area (Å²) >= 11 is 0. The molecule has 0 saturated carbocycles. The minimum Gasteiger partial charge on any atom is -0.352 e. The van der Waals surface area contributed by atoms with Gasteiger partial charge in [-0.2, -0.15) is 0 Å². The van der Waals surface area contributed by atoms with Crippen LogP contribution in [0.25, 0.3) is 0 Å². The van der Waals surface area contributed by atoms with Crippen molar-refractivity contribution in [3.8, 4) is 0 Å². The Morgan fingerprint density at radius 1 is 0.852 bits per heavy atom. The lowest BCUT2D eigenvalue weighted by Crippen LogP contribution is -2.26. The van der Waals surface area contributed by atoms with Crippen molar-refractivity contribution in [2.45, 2.75) is 13.0 Å². The van der Waals surface area contributed by atoms with E-state index < -0.39 is 0 Å². The molecule has 138 valence electrons. The number of halogens is 2. The number of nitrogens with one attached hydrogen (secondary N) is 2. The predicted octanol–water partition coefficient (Wildman–Crippen LogP) is 3.34. The largest absolute Gasteiger partial charge is 0.352 e. The maximum atomic E-state index is 12.9. The fourth-order valence-electron chi connectivity index (χ4n) is 2.39. The van der Waals surface area contributed by atoms with Crippen molar-refractivity contribution in [3.63, 3.8) is 0 Å². The fourth-order valence-corrected chi connectivity index (χ4v) is 2.39. The van der Waals surface area contributed by atoms with E-state index in [2.05, 4.69) is 20.6 Å². The van der Waals surface area contributed by atoms with E-state index >= 15 is 0 Å². The normalized spacial score (nSPS) is 10.4. The molecule has 2 aromatic carbocycles. The van der Waals surface area contributed by atoms with Gasteiger partial charge in [-0.3, -0.25) is 4.79 Å². The molecular weight excluding hydrogens is 350 g/mol. The minimum atomic E-state index is -0.287. The van der Waals surface area contributed by atoms with E-state index in [0.717, 1.165) is 11.1 Å². The van der Waals surface area contributed by atoms with Crippen LogP contribution in [-0.2, 0) is 13.0 Å². The first-order valence-electron chi connectivity index (χ1n) is 8.43. The van der Waals surface area contributed by atoms with Gasteiger partial charge in [0.15, 0.2) is 0 Å². The standard InChI is InChI=1S/C20H18F2N4O/c21-17-5-1-14(2-6-17)9-10-23-19(27)16-12-25-20(26-13-16)24-11-15-3-7-18(22)8-4-15/h1-8,12-13H,9-11H2,(H,23,27)(H,24,25,26). The van der Waals surface area contributed by atoms with Gasteiger partial charge in [-0.05, 0) is 41.8 Å². The number of hydrogen-bond donors (Lipinski definition) is 2. The number of carbonyl (C=O) groups excluding carboxylic acids is 1. The maximum Gasteiger partial charge on any atom is 0.254 e. The summed E-state index contributed by atoms with van der Waals surface area (Å²) < 4.78 is 25.7. The van der Waals surface area contributed by atoms with Crippen LogP contribution in [-0.4, -0.2) is 22.4 Å². The lowest BCUT2D eigenvalue weighted by molar-refractivity contribution is 0.0953. The highest BCUT2D eigenvalue weighted by Gasteiger charge is 2.07. The molecule has 27 heavy (non-hydrogen) atoms. The van der Waals surface area contributed by atoms with Gasteiger partial charge in [-0.25, -0.2) is 18.7 Å². The Morgan fingerprint density at radius 2 is 1.41 bits per heavy atom. The van der Waals surface area contributed by atoms with Crippen LogP contribution in [0.4, 0.5) is 14.7 Å². The molecule has 7 heteroatoms. The molecule has 3 rings (SSSR count). The third-order valence-corrected chi connectivity index (χ3v) is 3.89. The molecule has 1 heterocycles. The predicted molar refractivity (Wildman–Crippen MR) is 98.2 cm³/mol. The van der Waals surface area contributed by atoms with Gasteiger partial charge in [0.05, 0.1) is 5.56 Å². The van der Waals surface area contributed by atoms with E-state index in [1.165, 1.54) is 36.7 Å². The highest BCUT2D eigenvalue weighted by Crippen LogP contribution is 2.07. The topological polar surface area (TPSA) is 66.9 Å². The van der Waals surface area contributed by atoms with E-state index in [9.17, 15) is 13.6 Å². The third kappa shape index (κ3) is 5.57. The van der Waals surface area contributed by atoms with Gasteiger partial charge in [0.1, 0.15) is 11.6 Å². The first kappa shape index (κ1) is 18.4.